The molecule has 0 saturated carbocycles. The first-order valence-electron chi connectivity index (χ1n) is 9.29. The predicted molar refractivity (Wildman–Crippen MR) is 109 cm³/mol. The molecular weight excluding hydrogens is 399 g/mol. The highest BCUT2D eigenvalue weighted by atomic mass is 19.4. The van der Waals surface area contributed by atoms with Crippen molar-refractivity contribution in [3.05, 3.63) is 53.1 Å². The minimum atomic E-state index is -4.35. The molecule has 2 aromatic rings. The molecule has 0 aromatic heterocycles. The van der Waals surface area contributed by atoms with Crippen LogP contribution < -0.4 is 24.8 Å². The van der Waals surface area contributed by atoms with Gasteiger partial charge < -0.3 is 24.8 Å². The van der Waals surface area contributed by atoms with Gasteiger partial charge in [0.1, 0.15) is 5.75 Å². The normalized spacial score (nSPS) is 11.8. The molecule has 0 aliphatic carbocycles. The van der Waals surface area contributed by atoms with Crippen LogP contribution in [0.1, 0.15) is 23.6 Å². The molecular formula is C21H26F3N3O3. The third kappa shape index (κ3) is 6.20. The van der Waals surface area contributed by atoms with E-state index in [9.17, 15) is 13.2 Å². The van der Waals surface area contributed by atoms with Gasteiger partial charge in [0.2, 0.25) is 0 Å². The first-order chi connectivity index (χ1) is 14.3. The number of halogens is 3. The number of guanidine groups is 1. The van der Waals surface area contributed by atoms with Crippen LogP contribution in [0.4, 0.5) is 13.2 Å². The maximum Gasteiger partial charge on any atom is 0.416 e. The topological polar surface area (TPSA) is 64.1 Å². The fraction of sp³-hybridized carbons (Fsp3) is 0.381. The molecule has 2 N–H and O–H groups in total. The fourth-order valence-corrected chi connectivity index (χ4v) is 2.72. The number of nitrogens with zero attached hydrogens (tertiary/aromatic N) is 1. The fourth-order valence-electron chi connectivity index (χ4n) is 2.72. The van der Waals surface area contributed by atoms with Crippen molar-refractivity contribution < 1.29 is 27.4 Å². The summed E-state index contributed by atoms with van der Waals surface area (Å²) in [5.74, 6) is 2.27. The quantitative estimate of drug-likeness (QED) is 0.495. The van der Waals surface area contributed by atoms with Gasteiger partial charge in [0.25, 0.3) is 0 Å². The molecule has 0 aliphatic rings. The summed E-state index contributed by atoms with van der Waals surface area (Å²) in [6, 6.07) is 8.51. The zero-order valence-corrected chi connectivity index (χ0v) is 17.4. The van der Waals surface area contributed by atoms with Crippen LogP contribution in [0.15, 0.2) is 41.4 Å². The lowest BCUT2D eigenvalue weighted by Gasteiger charge is -2.16. The Labute approximate surface area is 174 Å². The van der Waals surface area contributed by atoms with E-state index >= 15 is 0 Å². The summed E-state index contributed by atoms with van der Waals surface area (Å²) in [6.07, 6.45) is -4.35. The second kappa shape index (κ2) is 10.6. The standard InChI is InChI=1S/C21H26F3N3O3/c1-5-25-20(26-12-14-6-8-16(9-7-14)21(22,23)24)27-13-15-10-18(29-3)19(30-4)11-17(15)28-2/h6-11H,5,12-13H2,1-4H3,(H2,25,26,27). The van der Waals surface area contributed by atoms with Gasteiger partial charge in [-0.05, 0) is 30.7 Å². The Balaban J connectivity index is 2.12. The minimum Gasteiger partial charge on any atom is -0.496 e. The molecule has 0 saturated heterocycles. The van der Waals surface area contributed by atoms with E-state index in [2.05, 4.69) is 15.6 Å². The zero-order chi connectivity index (χ0) is 22.1. The van der Waals surface area contributed by atoms with Crippen molar-refractivity contribution in [2.24, 2.45) is 4.99 Å². The number of nitrogens with one attached hydrogen (secondary N) is 2. The monoisotopic (exact) mass is 425 g/mol. The van der Waals surface area contributed by atoms with E-state index in [1.807, 2.05) is 13.0 Å². The van der Waals surface area contributed by atoms with Gasteiger partial charge in [-0.2, -0.15) is 13.2 Å². The van der Waals surface area contributed by atoms with Crippen molar-refractivity contribution in [1.82, 2.24) is 10.6 Å². The van der Waals surface area contributed by atoms with Crippen molar-refractivity contribution in [3.63, 3.8) is 0 Å². The van der Waals surface area contributed by atoms with E-state index < -0.39 is 11.7 Å². The number of methoxy groups -OCH3 is 3. The number of rotatable bonds is 8. The van der Waals surface area contributed by atoms with E-state index in [4.69, 9.17) is 14.2 Å². The molecule has 0 aliphatic heterocycles. The Hall–Kier alpha value is -3.10. The van der Waals surface area contributed by atoms with Gasteiger partial charge in [0.15, 0.2) is 17.5 Å². The molecule has 0 spiro atoms. The Kier molecular flexibility index (Phi) is 8.20. The second-order valence-electron chi connectivity index (χ2n) is 6.26. The molecule has 30 heavy (non-hydrogen) atoms. The molecule has 164 valence electrons. The van der Waals surface area contributed by atoms with Crippen LogP contribution in [0.25, 0.3) is 0 Å². The summed E-state index contributed by atoms with van der Waals surface area (Å²) < 4.78 is 54.1. The van der Waals surface area contributed by atoms with E-state index in [0.717, 1.165) is 17.7 Å². The Bertz CT molecular complexity index is 853. The van der Waals surface area contributed by atoms with Crippen LogP contribution in [0.3, 0.4) is 0 Å². The van der Waals surface area contributed by atoms with E-state index in [0.29, 0.717) is 41.9 Å². The van der Waals surface area contributed by atoms with Gasteiger partial charge in [0, 0.05) is 24.7 Å². The largest absolute Gasteiger partial charge is 0.496 e. The number of alkyl halides is 3. The first-order valence-corrected chi connectivity index (χ1v) is 9.29. The van der Waals surface area contributed by atoms with Gasteiger partial charge in [-0.3, -0.25) is 0 Å². The summed E-state index contributed by atoms with van der Waals surface area (Å²) >= 11 is 0. The van der Waals surface area contributed by atoms with Gasteiger partial charge in [-0.25, -0.2) is 4.99 Å². The van der Waals surface area contributed by atoms with Gasteiger partial charge in [-0.1, -0.05) is 12.1 Å². The smallest absolute Gasteiger partial charge is 0.416 e. The molecule has 0 unspecified atom stereocenters. The molecule has 6 nitrogen and oxygen atoms in total. The zero-order valence-electron chi connectivity index (χ0n) is 17.4. The summed E-state index contributed by atoms with van der Waals surface area (Å²) in [5.41, 5.74) is 0.819. The van der Waals surface area contributed by atoms with Crippen LogP contribution in [-0.4, -0.2) is 33.8 Å². The van der Waals surface area contributed by atoms with E-state index in [1.165, 1.54) is 12.1 Å². The van der Waals surface area contributed by atoms with Crippen molar-refractivity contribution in [1.29, 1.82) is 0 Å². The molecule has 2 rings (SSSR count). The molecule has 0 atom stereocenters. The molecule has 0 fully saturated rings. The molecule has 0 heterocycles. The lowest BCUT2D eigenvalue weighted by molar-refractivity contribution is -0.137. The molecule has 0 amide bonds. The summed E-state index contributed by atoms with van der Waals surface area (Å²) in [7, 11) is 4.66. The van der Waals surface area contributed by atoms with Crippen molar-refractivity contribution in [2.75, 3.05) is 27.9 Å². The molecule has 9 heteroatoms. The van der Waals surface area contributed by atoms with Crippen LogP contribution >= 0.6 is 0 Å². The summed E-state index contributed by atoms with van der Waals surface area (Å²) in [6.45, 7) is 3.17. The SMILES string of the molecule is CCNC(=NCc1ccc(C(F)(F)F)cc1)NCc1cc(OC)c(OC)cc1OC. The highest BCUT2D eigenvalue weighted by Crippen LogP contribution is 2.34. The lowest BCUT2D eigenvalue weighted by atomic mass is 10.1. The van der Waals surface area contributed by atoms with Crippen molar-refractivity contribution in [2.45, 2.75) is 26.2 Å². The maximum absolute atomic E-state index is 12.7. The number of aliphatic imine (C=N–C) groups is 1. The van der Waals surface area contributed by atoms with Gasteiger partial charge in [-0.15, -0.1) is 0 Å². The highest BCUT2D eigenvalue weighted by molar-refractivity contribution is 5.79. The van der Waals surface area contributed by atoms with Crippen LogP contribution in [0.2, 0.25) is 0 Å². The second-order valence-corrected chi connectivity index (χ2v) is 6.26. The maximum atomic E-state index is 12.7. The summed E-state index contributed by atoms with van der Waals surface area (Å²) in [5, 5.41) is 6.30. The predicted octanol–water partition coefficient (Wildman–Crippen LogP) is 3.99. The van der Waals surface area contributed by atoms with E-state index in [1.54, 1.807) is 27.4 Å². The number of ether oxygens (including phenoxy) is 3. The van der Waals surface area contributed by atoms with Crippen molar-refractivity contribution in [3.8, 4) is 17.2 Å². The number of hydrogen-bond donors (Lipinski definition) is 2. The average Bonchev–Trinajstić information content (AvgIpc) is 2.74. The molecule has 0 bridgehead atoms. The average molecular weight is 425 g/mol. The van der Waals surface area contributed by atoms with Crippen molar-refractivity contribution >= 4 is 5.96 Å². The van der Waals surface area contributed by atoms with Crippen LogP contribution in [0, 0.1) is 0 Å². The number of hydrogen-bond acceptors (Lipinski definition) is 4. The van der Waals surface area contributed by atoms with Gasteiger partial charge >= 0.3 is 6.18 Å². The first kappa shape index (κ1) is 23.2. The highest BCUT2D eigenvalue weighted by Gasteiger charge is 2.29. The Morgan fingerprint density at radius 1 is 0.900 bits per heavy atom. The minimum absolute atomic E-state index is 0.233. The van der Waals surface area contributed by atoms with Crippen LogP contribution in [0.5, 0.6) is 17.2 Å². The summed E-state index contributed by atoms with van der Waals surface area (Å²) in [4.78, 5) is 4.44. The Morgan fingerprint density at radius 3 is 2.03 bits per heavy atom. The number of benzene rings is 2. The van der Waals surface area contributed by atoms with Gasteiger partial charge in [0.05, 0.1) is 33.4 Å². The lowest BCUT2D eigenvalue weighted by Crippen LogP contribution is -2.36. The Morgan fingerprint density at radius 2 is 1.50 bits per heavy atom. The molecule has 2 aromatic carbocycles. The third-order valence-corrected chi connectivity index (χ3v) is 4.28. The third-order valence-electron chi connectivity index (χ3n) is 4.28. The molecule has 0 radical (unpaired) electrons. The van der Waals surface area contributed by atoms with Crippen LogP contribution in [-0.2, 0) is 19.3 Å². The van der Waals surface area contributed by atoms with E-state index in [-0.39, 0.29) is 6.54 Å².